The van der Waals surface area contributed by atoms with Crippen LogP contribution in [0.25, 0.3) is 11.3 Å². The number of rotatable bonds is 1. The van der Waals surface area contributed by atoms with Crippen LogP contribution in [0, 0.1) is 0 Å². The van der Waals surface area contributed by atoms with E-state index in [1.165, 1.54) is 12.1 Å². The zero-order chi connectivity index (χ0) is 12.7. The van der Waals surface area contributed by atoms with E-state index in [1.54, 1.807) is 0 Å². The van der Waals surface area contributed by atoms with E-state index in [9.17, 15) is 10.2 Å². The van der Waals surface area contributed by atoms with Crippen molar-refractivity contribution in [1.29, 1.82) is 0 Å². The Labute approximate surface area is 108 Å². The molecule has 1 aromatic heterocycles. The number of phenols is 2. The fourth-order valence-corrected chi connectivity index (χ4v) is 2.25. The standard InChI is InChI=1S/C12H11ClN2O3/c13-8-3-6(10(16)4-11(8)17)12-7-5-14-2-1-9(7)15-18-12/h3-4,14,16-17H,1-2,5H2. The van der Waals surface area contributed by atoms with Crippen molar-refractivity contribution < 1.29 is 14.7 Å². The number of aromatic nitrogens is 1. The van der Waals surface area contributed by atoms with Gasteiger partial charge < -0.3 is 20.1 Å². The first-order chi connectivity index (χ1) is 8.66. The Hall–Kier alpha value is -1.72. The van der Waals surface area contributed by atoms with Gasteiger partial charge in [-0.3, -0.25) is 0 Å². The lowest BCUT2D eigenvalue weighted by atomic mass is 10.0. The smallest absolute Gasteiger partial charge is 0.175 e. The van der Waals surface area contributed by atoms with Crippen molar-refractivity contribution in [2.24, 2.45) is 0 Å². The van der Waals surface area contributed by atoms with E-state index in [0.29, 0.717) is 17.9 Å². The highest BCUT2D eigenvalue weighted by atomic mass is 35.5. The lowest BCUT2D eigenvalue weighted by Crippen LogP contribution is -2.23. The predicted molar refractivity (Wildman–Crippen MR) is 65.7 cm³/mol. The van der Waals surface area contributed by atoms with E-state index in [-0.39, 0.29) is 16.5 Å². The molecule has 6 heteroatoms. The quantitative estimate of drug-likeness (QED) is 0.736. The summed E-state index contributed by atoms with van der Waals surface area (Å²) in [6.45, 7) is 1.51. The number of hydrogen-bond donors (Lipinski definition) is 3. The van der Waals surface area contributed by atoms with Crippen LogP contribution in [0.1, 0.15) is 11.3 Å². The maximum Gasteiger partial charge on any atom is 0.175 e. The average Bonchev–Trinajstić information content (AvgIpc) is 2.78. The fraction of sp³-hybridized carbons (Fsp3) is 0.250. The SMILES string of the molecule is Oc1cc(O)c(-c2onc3c2CNCC3)cc1Cl. The molecular formula is C12H11ClN2O3. The van der Waals surface area contributed by atoms with Crippen LogP contribution < -0.4 is 5.32 Å². The average molecular weight is 267 g/mol. The Bertz CT molecular complexity index is 610. The largest absolute Gasteiger partial charge is 0.507 e. The van der Waals surface area contributed by atoms with Gasteiger partial charge in [0.15, 0.2) is 5.76 Å². The number of aromatic hydroxyl groups is 2. The third-order valence-corrected chi connectivity index (χ3v) is 3.32. The molecule has 1 aliphatic heterocycles. The zero-order valence-corrected chi connectivity index (χ0v) is 10.2. The Morgan fingerprint density at radius 2 is 2.11 bits per heavy atom. The van der Waals surface area contributed by atoms with Gasteiger partial charge in [-0.2, -0.15) is 0 Å². The molecule has 0 amide bonds. The summed E-state index contributed by atoms with van der Waals surface area (Å²) in [4.78, 5) is 0. The molecule has 2 aromatic rings. The molecule has 0 aliphatic carbocycles. The van der Waals surface area contributed by atoms with Crippen LogP contribution in [0.4, 0.5) is 0 Å². The Morgan fingerprint density at radius 3 is 2.94 bits per heavy atom. The monoisotopic (exact) mass is 266 g/mol. The van der Waals surface area contributed by atoms with Crippen molar-refractivity contribution in [3.05, 3.63) is 28.4 Å². The van der Waals surface area contributed by atoms with Crippen LogP contribution in [-0.2, 0) is 13.0 Å². The summed E-state index contributed by atoms with van der Waals surface area (Å²) in [5.74, 6) is 0.252. The van der Waals surface area contributed by atoms with E-state index < -0.39 is 0 Å². The fourth-order valence-electron chi connectivity index (χ4n) is 2.09. The maximum atomic E-state index is 9.86. The zero-order valence-electron chi connectivity index (χ0n) is 9.40. The molecule has 2 heterocycles. The highest BCUT2D eigenvalue weighted by Gasteiger charge is 2.23. The van der Waals surface area contributed by atoms with Crippen LogP contribution in [0.5, 0.6) is 11.5 Å². The molecule has 0 radical (unpaired) electrons. The second-order valence-corrected chi connectivity index (χ2v) is 4.59. The molecule has 1 aromatic carbocycles. The van der Waals surface area contributed by atoms with E-state index in [0.717, 1.165) is 24.2 Å². The van der Waals surface area contributed by atoms with E-state index in [1.807, 2.05) is 0 Å². The Morgan fingerprint density at radius 1 is 1.28 bits per heavy atom. The van der Waals surface area contributed by atoms with Crippen molar-refractivity contribution in [1.82, 2.24) is 10.5 Å². The van der Waals surface area contributed by atoms with Crippen molar-refractivity contribution in [2.75, 3.05) is 6.54 Å². The molecule has 3 N–H and O–H groups in total. The molecule has 18 heavy (non-hydrogen) atoms. The molecule has 0 unspecified atom stereocenters. The second kappa shape index (κ2) is 4.19. The number of phenolic OH excluding ortho intramolecular Hbond substituents is 2. The van der Waals surface area contributed by atoms with Gasteiger partial charge in [0.1, 0.15) is 11.5 Å². The van der Waals surface area contributed by atoms with E-state index >= 15 is 0 Å². The third kappa shape index (κ3) is 1.72. The summed E-state index contributed by atoms with van der Waals surface area (Å²) in [5.41, 5.74) is 2.26. The summed E-state index contributed by atoms with van der Waals surface area (Å²) in [6.07, 6.45) is 0.797. The molecule has 94 valence electrons. The molecular weight excluding hydrogens is 256 g/mol. The minimum absolute atomic E-state index is 0.0820. The lowest BCUT2D eigenvalue weighted by molar-refractivity contribution is 0.417. The predicted octanol–water partition coefficient (Wildman–Crippen LogP) is 2.05. The molecule has 5 nitrogen and oxygen atoms in total. The van der Waals surface area contributed by atoms with Crippen molar-refractivity contribution in [3.8, 4) is 22.8 Å². The number of halogens is 1. The van der Waals surface area contributed by atoms with Gasteiger partial charge in [0.2, 0.25) is 0 Å². The first-order valence-corrected chi connectivity index (χ1v) is 5.94. The minimum atomic E-state index is -0.163. The van der Waals surface area contributed by atoms with Gasteiger partial charge in [0.25, 0.3) is 0 Å². The van der Waals surface area contributed by atoms with Gasteiger partial charge in [-0.1, -0.05) is 16.8 Å². The van der Waals surface area contributed by atoms with Crippen molar-refractivity contribution in [3.63, 3.8) is 0 Å². The van der Waals surface area contributed by atoms with Crippen molar-refractivity contribution in [2.45, 2.75) is 13.0 Å². The number of fused-ring (bicyclic) bond motifs is 1. The van der Waals surface area contributed by atoms with Gasteiger partial charge in [0.05, 0.1) is 16.3 Å². The van der Waals surface area contributed by atoms with Crippen molar-refractivity contribution >= 4 is 11.6 Å². The number of benzene rings is 1. The number of nitrogens with zero attached hydrogens (tertiary/aromatic N) is 1. The van der Waals surface area contributed by atoms with Crippen LogP contribution >= 0.6 is 11.6 Å². The van der Waals surface area contributed by atoms with Gasteiger partial charge in [-0.15, -0.1) is 0 Å². The first kappa shape index (κ1) is 11.4. The lowest BCUT2D eigenvalue weighted by Gasteiger charge is -2.12. The van der Waals surface area contributed by atoms with Crippen LogP contribution in [0.15, 0.2) is 16.7 Å². The molecule has 1 aliphatic rings. The molecule has 0 saturated carbocycles. The third-order valence-electron chi connectivity index (χ3n) is 3.02. The second-order valence-electron chi connectivity index (χ2n) is 4.18. The molecule has 0 bridgehead atoms. The molecule has 0 spiro atoms. The Balaban J connectivity index is 2.15. The number of hydrogen-bond acceptors (Lipinski definition) is 5. The minimum Gasteiger partial charge on any atom is -0.507 e. The van der Waals surface area contributed by atoms with Gasteiger partial charge in [0, 0.05) is 31.1 Å². The summed E-state index contributed by atoms with van der Waals surface area (Å²) in [7, 11) is 0. The topological polar surface area (TPSA) is 78.5 Å². The summed E-state index contributed by atoms with van der Waals surface area (Å²) in [5, 5.41) is 26.6. The molecule has 0 saturated heterocycles. The summed E-state index contributed by atoms with van der Waals surface area (Å²) >= 11 is 5.85. The first-order valence-electron chi connectivity index (χ1n) is 5.57. The summed E-state index contributed by atoms with van der Waals surface area (Å²) < 4.78 is 5.29. The van der Waals surface area contributed by atoms with Crippen LogP contribution in [0.2, 0.25) is 5.02 Å². The van der Waals surface area contributed by atoms with Gasteiger partial charge in [-0.25, -0.2) is 0 Å². The highest BCUT2D eigenvalue weighted by Crippen LogP contribution is 2.39. The van der Waals surface area contributed by atoms with Crippen LogP contribution in [-0.4, -0.2) is 21.9 Å². The molecule has 0 atom stereocenters. The normalized spacial score (nSPS) is 14.5. The summed E-state index contributed by atoms with van der Waals surface area (Å²) in [6, 6.07) is 2.67. The highest BCUT2D eigenvalue weighted by molar-refractivity contribution is 6.32. The van der Waals surface area contributed by atoms with Gasteiger partial charge in [-0.05, 0) is 6.07 Å². The van der Waals surface area contributed by atoms with E-state index in [2.05, 4.69) is 10.5 Å². The molecule has 0 fully saturated rings. The Kier molecular flexibility index (Phi) is 2.65. The maximum absolute atomic E-state index is 9.86. The van der Waals surface area contributed by atoms with Crippen LogP contribution in [0.3, 0.4) is 0 Å². The number of nitrogens with one attached hydrogen (secondary N) is 1. The van der Waals surface area contributed by atoms with Gasteiger partial charge >= 0.3 is 0 Å². The van der Waals surface area contributed by atoms with E-state index in [4.69, 9.17) is 16.1 Å². The molecule has 3 rings (SSSR count).